The van der Waals surface area contributed by atoms with Gasteiger partial charge >= 0.3 is 0 Å². The second-order valence-corrected chi connectivity index (χ2v) is 4.50. The van der Waals surface area contributed by atoms with Gasteiger partial charge in [-0.05, 0) is 12.3 Å². The molecule has 1 unspecified atom stereocenters. The lowest BCUT2D eigenvalue weighted by atomic mass is 9.95. The standard InChI is InChI=1S/C16H16O2/c1-12-6-5-9-14(10-12)16(18)11-15(17)13-7-3-2-4-8-13/h2-5,7-12,17H,6H2,1H3/b15-11-. The van der Waals surface area contributed by atoms with Crippen LogP contribution in [0.2, 0.25) is 0 Å². The fourth-order valence-corrected chi connectivity index (χ4v) is 1.90. The molecule has 2 heteroatoms. The summed E-state index contributed by atoms with van der Waals surface area (Å²) in [7, 11) is 0. The molecule has 0 amide bonds. The Kier molecular flexibility index (Phi) is 3.78. The van der Waals surface area contributed by atoms with Gasteiger partial charge in [-0.1, -0.05) is 55.5 Å². The van der Waals surface area contributed by atoms with Crippen molar-refractivity contribution in [2.24, 2.45) is 5.92 Å². The lowest BCUT2D eigenvalue weighted by Gasteiger charge is -2.10. The largest absolute Gasteiger partial charge is 0.507 e. The summed E-state index contributed by atoms with van der Waals surface area (Å²) in [6.45, 7) is 2.07. The molecule has 0 fully saturated rings. The van der Waals surface area contributed by atoms with Crippen molar-refractivity contribution in [2.45, 2.75) is 13.3 Å². The Labute approximate surface area is 107 Å². The van der Waals surface area contributed by atoms with Crippen molar-refractivity contribution in [3.05, 3.63) is 65.8 Å². The predicted octanol–water partition coefficient (Wildman–Crippen LogP) is 3.68. The van der Waals surface area contributed by atoms with Gasteiger partial charge in [0.15, 0.2) is 5.78 Å². The van der Waals surface area contributed by atoms with Gasteiger partial charge in [-0.3, -0.25) is 4.79 Å². The van der Waals surface area contributed by atoms with Crippen molar-refractivity contribution in [2.75, 3.05) is 0 Å². The summed E-state index contributed by atoms with van der Waals surface area (Å²) in [4.78, 5) is 12.0. The van der Waals surface area contributed by atoms with Gasteiger partial charge in [0.25, 0.3) is 0 Å². The van der Waals surface area contributed by atoms with Crippen LogP contribution in [0.4, 0.5) is 0 Å². The van der Waals surface area contributed by atoms with Gasteiger partial charge in [0.1, 0.15) is 5.76 Å². The highest BCUT2D eigenvalue weighted by molar-refractivity contribution is 6.09. The summed E-state index contributed by atoms with van der Waals surface area (Å²) < 4.78 is 0. The third kappa shape index (κ3) is 2.98. The molecule has 0 bridgehead atoms. The molecule has 1 aliphatic carbocycles. The third-order valence-electron chi connectivity index (χ3n) is 2.89. The van der Waals surface area contributed by atoms with Gasteiger partial charge in [0.2, 0.25) is 0 Å². The Morgan fingerprint density at radius 2 is 2.06 bits per heavy atom. The zero-order valence-electron chi connectivity index (χ0n) is 10.3. The van der Waals surface area contributed by atoms with E-state index in [1.165, 1.54) is 6.08 Å². The van der Waals surface area contributed by atoms with Gasteiger partial charge in [0.05, 0.1) is 0 Å². The van der Waals surface area contributed by atoms with Crippen molar-refractivity contribution < 1.29 is 9.90 Å². The molecule has 2 nitrogen and oxygen atoms in total. The number of aliphatic hydroxyl groups excluding tert-OH is 1. The average Bonchev–Trinajstić information content (AvgIpc) is 2.39. The third-order valence-corrected chi connectivity index (χ3v) is 2.89. The summed E-state index contributed by atoms with van der Waals surface area (Å²) in [5.41, 5.74) is 1.30. The normalized spacial score (nSPS) is 19.5. The number of aliphatic hydroxyl groups is 1. The Hall–Kier alpha value is -2.09. The first-order valence-electron chi connectivity index (χ1n) is 6.05. The van der Waals surface area contributed by atoms with Crippen LogP contribution in [0.25, 0.3) is 5.76 Å². The SMILES string of the molecule is CC1C=C(C(=O)/C=C(\O)c2ccccc2)C=CC1. The van der Waals surface area contributed by atoms with E-state index in [2.05, 4.69) is 6.92 Å². The van der Waals surface area contributed by atoms with Crippen molar-refractivity contribution in [3.8, 4) is 0 Å². The van der Waals surface area contributed by atoms with Crippen LogP contribution in [-0.4, -0.2) is 10.9 Å². The maximum Gasteiger partial charge on any atom is 0.189 e. The first kappa shape index (κ1) is 12.4. The molecule has 2 rings (SSSR count). The van der Waals surface area contributed by atoms with Gasteiger partial charge in [-0.15, -0.1) is 0 Å². The molecule has 1 atom stereocenters. The van der Waals surface area contributed by atoms with E-state index in [-0.39, 0.29) is 11.5 Å². The summed E-state index contributed by atoms with van der Waals surface area (Å²) in [6.07, 6.45) is 7.99. The smallest absolute Gasteiger partial charge is 0.189 e. The number of benzene rings is 1. The maximum absolute atomic E-state index is 12.0. The highest BCUT2D eigenvalue weighted by Crippen LogP contribution is 2.18. The maximum atomic E-state index is 12.0. The molecule has 0 saturated heterocycles. The van der Waals surface area contributed by atoms with Crippen molar-refractivity contribution in [1.29, 1.82) is 0 Å². The van der Waals surface area contributed by atoms with E-state index in [9.17, 15) is 9.90 Å². The van der Waals surface area contributed by atoms with Gasteiger partial charge in [0, 0.05) is 17.2 Å². The van der Waals surface area contributed by atoms with Crippen LogP contribution in [0.5, 0.6) is 0 Å². The van der Waals surface area contributed by atoms with Crippen LogP contribution < -0.4 is 0 Å². The molecule has 92 valence electrons. The zero-order valence-corrected chi connectivity index (χ0v) is 10.3. The minimum atomic E-state index is -0.154. The molecular formula is C16H16O2. The van der Waals surface area contributed by atoms with Crippen LogP contribution >= 0.6 is 0 Å². The zero-order chi connectivity index (χ0) is 13.0. The van der Waals surface area contributed by atoms with E-state index in [0.29, 0.717) is 17.1 Å². The highest BCUT2D eigenvalue weighted by Gasteiger charge is 2.11. The first-order valence-corrected chi connectivity index (χ1v) is 6.05. The number of rotatable bonds is 3. The number of carbonyl (C=O) groups is 1. The molecule has 0 heterocycles. The second-order valence-electron chi connectivity index (χ2n) is 4.50. The Morgan fingerprint density at radius 1 is 1.33 bits per heavy atom. The van der Waals surface area contributed by atoms with Crippen molar-refractivity contribution in [1.82, 2.24) is 0 Å². The minimum Gasteiger partial charge on any atom is -0.507 e. The molecule has 0 aromatic heterocycles. The van der Waals surface area contributed by atoms with E-state index in [0.717, 1.165) is 6.42 Å². The topological polar surface area (TPSA) is 37.3 Å². The van der Waals surface area contributed by atoms with Crippen LogP contribution in [0.3, 0.4) is 0 Å². The molecule has 0 saturated carbocycles. The summed E-state index contributed by atoms with van der Waals surface area (Å²) in [5, 5.41) is 9.88. The van der Waals surface area contributed by atoms with Crippen LogP contribution in [0, 0.1) is 5.92 Å². The van der Waals surface area contributed by atoms with E-state index in [1.807, 2.05) is 36.4 Å². The number of ketones is 1. The highest BCUT2D eigenvalue weighted by atomic mass is 16.3. The molecule has 0 aliphatic heterocycles. The van der Waals surface area contributed by atoms with Crippen molar-refractivity contribution in [3.63, 3.8) is 0 Å². The van der Waals surface area contributed by atoms with Crippen molar-refractivity contribution >= 4 is 11.5 Å². The quantitative estimate of drug-likeness (QED) is 0.646. The Bertz CT molecular complexity index is 521. The molecular weight excluding hydrogens is 224 g/mol. The molecule has 0 radical (unpaired) electrons. The minimum absolute atomic E-state index is 0.00752. The first-order chi connectivity index (χ1) is 8.66. The van der Waals surface area contributed by atoms with Gasteiger partial charge in [-0.25, -0.2) is 0 Å². The molecule has 1 aromatic carbocycles. The number of allylic oxidation sites excluding steroid dienone is 5. The Morgan fingerprint density at radius 3 is 2.72 bits per heavy atom. The van der Waals surface area contributed by atoms with E-state index in [1.54, 1.807) is 12.1 Å². The Balaban J connectivity index is 2.18. The molecule has 1 aliphatic rings. The fourth-order valence-electron chi connectivity index (χ4n) is 1.90. The fraction of sp³-hybridized carbons (Fsp3) is 0.188. The molecule has 1 N–H and O–H groups in total. The van der Waals surface area contributed by atoms with Gasteiger partial charge in [-0.2, -0.15) is 0 Å². The lowest BCUT2D eigenvalue weighted by Crippen LogP contribution is -2.04. The summed E-state index contributed by atoms with van der Waals surface area (Å²) >= 11 is 0. The van der Waals surface area contributed by atoms with E-state index in [4.69, 9.17) is 0 Å². The summed E-state index contributed by atoms with van der Waals surface area (Å²) in [6, 6.07) is 9.06. The predicted molar refractivity (Wildman–Crippen MR) is 73.1 cm³/mol. The monoisotopic (exact) mass is 240 g/mol. The van der Waals surface area contributed by atoms with Crippen LogP contribution in [0.1, 0.15) is 18.9 Å². The molecule has 0 spiro atoms. The average molecular weight is 240 g/mol. The second kappa shape index (κ2) is 5.50. The van der Waals surface area contributed by atoms with Gasteiger partial charge < -0.3 is 5.11 Å². The number of carbonyl (C=O) groups excluding carboxylic acids is 1. The van der Waals surface area contributed by atoms with E-state index >= 15 is 0 Å². The van der Waals surface area contributed by atoms with Crippen LogP contribution in [-0.2, 0) is 4.79 Å². The lowest BCUT2D eigenvalue weighted by molar-refractivity contribution is -0.111. The molecule has 18 heavy (non-hydrogen) atoms. The van der Waals surface area contributed by atoms with E-state index < -0.39 is 0 Å². The van der Waals surface area contributed by atoms with Crippen LogP contribution in [0.15, 0.2) is 60.2 Å². The molecule has 1 aromatic rings. The summed E-state index contributed by atoms with van der Waals surface area (Å²) in [5.74, 6) is 0.230. The number of hydrogen-bond donors (Lipinski definition) is 1. The number of hydrogen-bond acceptors (Lipinski definition) is 2.